The molecule has 5 heteroatoms. The molecule has 26 heavy (non-hydrogen) atoms. The molecule has 3 rings (SSSR count). The molecule has 136 valence electrons. The summed E-state index contributed by atoms with van der Waals surface area (Å²) in [5.74, 6) is 1.78. The second-order valence-corrected chi connectivity index (χ2v) is 6.55. The van der Waals surface area contributed by atoms with Gasteiger partial charge in [-0.1, -0.05) is 30.3 Å². The van der Waals surface area contributed by atoms with Crippen LogP contribution in [-0.2, 0) is 12.1 Å². The summed E-state index contributed by atoms with van der Waals surface area (Å²) < 4.78 is 16.5. The van der Waals surface area contributed by atoms with Gasteiger partial charge in [0.15, 0.2) is 5.69 Å². The van der Waals surface area contributed by atoms with Crippen molar-refractivity contribution in [2.45, 2.75) is 25.9 Å². The first kappa shape index (κ1) is 18.0. The van der Waals surface area contributed by atoms with Crippen LogP contribution in [-0.4, -0.2) is 19.2 Å². The average Bonchev–Trinajstić information content (AvgIpc) is 3.13. The molecule has 0 saturated heterocycles. The van der Waals surface area contributed by atoms with Crippen molar-refractivity contribution in [3.63, 3.8) is 0 Å². The summed E-state index contributed by atoms with van der Waals surface area (Å²) >= 11 is 0. The minimum atomic E-state index is -0.451. The maximum atomic E-state index is 5.90. The van der Waals surface area contributed by atoms with Gasteiger partial charge >= 0.3 is 5.95 Å². The molecule has 5 nitrogen and oxygen atoms in total. The van der Waals surface area contributed by atoms with Gasteiger partial charge < -0.3 is 13.9 Å². The van der Waals surface area contributed by atoms with E-state index >= 15 is 0 Å². The zero-order chi connectivity index (χ0) is 18.6. The highest BCUT2D eigenvalue weighted by atomic mass is 16.6. The molecule has 0 unspecified atom stereocenters. The summed E-state index contributed by atoms with van der Waals surface area (Å²) in [4.78, 5) is 4.70. The van der Waals surface area contributed by atoms with Crippen molar-refractivity contribution in [1.29, 1.82) is 0 Å². The fourth-order valence-corrected chi connectivity index (χ4v) is 2.64. The predicted octanol–water partition coefficient (Wildman–Crippen LogP) is 4.38. The third-order valence-corrected chi connectivity index (χ3v) is 4.26. The van der Waals surface area contributed by atoms with E-state index in [1.54, 1.807) is 14.2 Å². The molecule has 0 aliphatic heterocycles. The fourth-order valence-electron chi connectivity index (χ4n) is 2.64. The number of benzene rings is 2. The number of rotatable bonds is 7. The Morgan fingerprint density at radius 1 is 0.962 bits per heavy atom. The van der Waals surface area contributed by atoms with Crippen molar-refractivity contribution in [1.82, 2.24) is 10.3 Å². The monoisotopic (exact) mass is 352 g/mol. The lowest BCUT2D eigenvalue weighted by Crippen LogP contribution is -2.36. The SMILES string of the molecule is COc1ccc(-c2nc(C(C)(C)NCc3ccccc3)oc2OC)cc1. The average molecular weight is 352 g/mol. The van der Waals surface area contributed by atoms with E-state index in [1.807, 2.05) is 56.3 Å². The van der Waals surface area contributed by atoms with E-state index in [4.69, 9.17) is 18.9 Å². The molecular formula is C21H24N2O3. The number of hydrogen-bond acceptors (Lipinski definition) is 5. The van der Waals surface area contributed by atoms with Gasteiger partial charge in [-0.2, -0.15) is 0 Å². The quantitative estimate of drug-likeness (QED) is 0.684. The predicted molar refractivity (Wildman–Crippen MR) is 101 cm³/mol. The summed E-state index contributed by atoms with van der Waals surface area (Å²) in [6.45, 7) is 4.80. The number of nitrogens with one attached hydrogen (secondary N) is 1. The van der Waals surface area contributed by atoms with Crippen LogP contribution in [0.5, 0.6) is 11.7 Å². The van der Waals surface area contributed by atoms with Crippen LogP contribution >= 0.6 is 0 Å². The zero-order valence-electron chi connectivity index (χ0n) is 15.6. The molecule has 0 bridgehead atoms. The molecule has 2 aromatic carbocycles. The van der Waals surface area contributed by atoms with Crippen LogP contribution in [0.2, 0.25) is 0 Å². The minimum absolute atomic E-state index is 0.403. The van der Waals surface area contributed by atoms with E-state index < -0.39 is 5.54 Å². The number of ether oxygens (including phenoxy) is 2. The molecule has 1 N–H and O–H groups in total. The van der Waals surface area contributed by atoms with Gasteiger partial charge in [-0.25, -0.2) is 4.98 Å². The van der Waals surface area contributed by atoms with E-state index in [0.29, 0.717) is 17.5 Å². The van der Waals surface area contributed by atoms with Crippen LogP contribution < -0.4 is 14.8 Å². The van der Waals surface area contributed by atoms with Crippen molar-refractivity contribution in [2.24, 2.45) is 0 Å². The molecule has 0 aliphatic carbocycles. The molecule has 0 radical (unpaired) electrons. The topological polar surface area (TPSA) is 56.5 Å². The zero-order valence-corrected chi connectivity index (χ0v) is 15.6. The van der Waals surface area contributed by atoms with Crippen LogP contribution in [0.3, 0.4) is 0 Å². The van der Waals surface area contributed by atoms with Crippen LogP contribution in [0.1, 0.15) is 25.3 Å². The van der Waals surface area contributed by atoms with Gasteiger partial charge in [-0.05, 0) is 43.7 Å². The van der Waals surface area contributed by atoms with Gasteiger partial charge in [0.05, 0.1) is 19.8 Å². The number of hydrogen-bond donors (Lipinski definition) is 1. The maximum Gasteiger partial charge on any atom is 0.313 e. The van der Waals surface area contributed by atoms with Crippen LogP contribution in [0.15, 0.2) is 59.0 Å². The molecular weight excluding hydrogens is 328 g/mol. The molecule has 0 fully saturated rings. The maximum absolute atomic E-state index is 5.90. The highest BCUT2D eigenvalue weighted by Crippen LogP contribution is 2.34. The van der Waals surface area contributed by atoms with E-state index in [0.717, 1.165) is 17.9 Å². The van der Waals surface area contributed by atoms with Gasteiger partial charge in [0.25, 0.3) is 0 Å². The number of nitrogens with zero attached hydrogens (tertiary/aromatic N) is 1. The lowest BCUT2D eigenvalue weighted by molar-refractivity contribution is 0.248. The number of methoxy groups -OCH3 is 2. The first-order valence-corrected chi connectivity index (χ1v) is 8.52. The van der Waals surface area contributed by atoms with Crippen LogP contribution in [0.25, 0.3) is 11.3 Å². The third kappa shape index (κ3) is 3.89. The highest BCUT2D eigenvalue weighted by molar-refractivity contribution is 5.64. The van der Waals surface area contributed by atoms with Gasteiger partial charge in [0.1, 0.15) is 5.75 Å². The normalized spacial score (nSPS) is 11.4. The summed E-state index contributed by atoms with van der Waals surface area (Å²) in [5.41, 5.74) is 2.35. The van der Waals surface area contributed by atoms with Crippen molar-refractivity contribution in [3.8, 4) is 23.0 Å². The van der Waals surface area contributed by atoms with Crippen molar-refractivity contribution in [2.75, 3.05) is 14.2 Å². The summed E-state index contributed by atoms with van der Waals surface area (Å²) in [7, 11) is 3.23. The summed E-state index contributed by atoms with van der Waals surface area (Å²) in [5, 5.41) is 3.49. The van der Waals surface area contributed by atoms with Crippen molar-refractivity contribution >= 4 is 0 Å². The second-order valence-electron chi connectivity index (χ2n) is 6.55. The van der Waals surface area contributed by atoms with Gasteiger partial charge in [-0.3, -0.25) is 5.32 Å². The Kier molecular flexibility index (Phi) is 5.28. The lowest BCUT2D eigenvalue weighted by atomic mass is 10.0. The Morgan fingerprint density at radius 3 is 2.27 bits per heavy atom. The highest BCUT2D eigenvalue weighted by Gasteiger charge is 2.29. The Bertz CT molecular complexity index is 839. The Labute approximate surface area is 154 Å². The smallest absolute Gasteiger partial charge is 0.313 e. The Balaban J connectivity index is 1.84. The Morgan fingerprint density at radius 2 is 1.65 bits per heavy atom. The van der Waals surface area contributed by atoms with E-state index in [1.165, 1.54) is 5.56 Å². The van der Waals surface area contributed by atoms with Crippen LogP contribution in [0, 0.1) is 0 Å². The van der Waals surface area contributed by atoms with Gasteiger partial charge in [-0.15, -0.1) is 0 Å². The molecule has 3 aromatic rings. The Hall–Kier alpha value is -2.79. The fraction of sp³-hybridized carbons (Fsp3) is 0.286. The largest absolute Gasteiger partial charge is 0.497 e. The molecule has 0 spiro atoms. The van der Waals surface area contributed by atoms with E-state index in [9.17, 15) is 0 Å². The van der Waals surface area contributed by atoms with Gasteiger partial charge in [0, 0.05) is 12.1 Å². The molecule has 0 aliphatic rings. The first-order chi connectivity index (χ1) is 12.5. The molecule has 0 atom stereocenters. The molecule has 1 aromatic heterocycles. The summed E-state index contributed by atoms with van der Waals surface area (Å²) in [6.07, 6.45) is 0. The van der Waals surface area contributed by atoms with Crippen molar-refractivity contribution < 1.29 is 13.9 Å². The van der Waals surface area contributed by atoms with E-state index in [-0.39, 0.29) is 0 Å². The second kappa shape index (κ2) is 7.62. The lowest BCUT2D eigenvalue weighted by Gasteiger charge is -2.22. The standard InChI is InChI=1S/C21H24N2O3/c1-21(2,22-14-15-8-6-5-7-9-15)20-23-18(19(25-4)26-20)16-10-12-17(24-3)13-11-16/h5-13,22H,14H2,1-4H3. The molecule has 0 saturated carbocycles. The molecule has 1 heterocycles. The third-order valence-electron chi connectivity index (χ3n) is 4.26. The molecule has 0 amide bonds. The van der Waals surface area contributed by atoms with Crippen LogP contribution in [0.4, 0.5) is 0 Å². The van der Waals surface area contributed by atoms with Gasteiger partial charge in [0.2, 0.25) is 5.89 Å². The van der Waals surface area contributed by atoms with Crippen molar-refractivity contribution in [3.05, 3.63) is 66.1 Å². The summed E-state index contributed by atoms with van der Waals surface area (Å²) in [6, 6.07) is 17.9. The number of aromatic nitrogens is 1. The minimum Gasteiger partial charge on any atom is -0.497 e. The van der Waals surface area contributed by atoms with E-state index in [2.05, 4.69) is 17.4 Å². The first-order valence-electron chi connectivity index (χ1n) is 8.52. The number of oxazole rings is 1.